The van der Waals surface area contributed by atoms with Crippen LogP contribution in [0.4, 0.5) is 0 Å². The van der Waals surface area contributed by atoms with Crippen molar-refractivity contribution in [2.45, 2.75) is 78.7 Å². The third-order valence-electron chi connectivity index (χ3n) is 5.88. The van der Waals surface area contributed by atoms with Gasteiger partial charge in [0.2, 0.25) is 0 Å². The third-order valence-corrected chi connectivity index (χ3v) is 5.88. The van der Waals surface area contributed by atoms with Gasteiger partial charge in [0.05, 0.1) is 5.41 Å². The molecule has 0 aromatic carbocycles. The van der Waals surface area contributed by atoms with Crippen LogP contribution in [-0.2, 0) is 4.79 Å². The zero-order chi connectivity index (χ0) is 15.7. The Bertz CT molecular complexity index is 374. The maximum Gasteiger partial charge on any atom is 0.310 e. The summed E-state index contributed by atoms with van der Waals surface area (Å²) in [7, 11) is 0. The fourth-order valence-electron chi connectivity index (χ4n) is 4.71. The van der Waals surface area contributed by atoms with Gasteiger partial charge in [-0.2, -0.15) is 0 Å². The Morgan fingerprint density at radius 2 is 1.95 bits per heavy atom. The molecule has 0 aromatic heterocycles. The second-order valence-electron chi connectivity index (χ2n) is 8.38. The molecule has 1 aliphatic carbocycles. The predicted molar refractivity (Wildman–Crippen MR) is 86.4 cm³/mol. The zero-order valence-electron chi connectivity index (χ0n) is 14.3. The standard InChI is InChI=1S/C18H33NO2/c1-5-10-18(16(20)21)11-12-19(13-18)15-9-7-6-8-14(15)17(2,3)4/h14-15H,5-13H2,1-4H3,(H,20,21). The van der Waals surface area contributed by atoms with Crippen molar-refractivity contribution in [1.29, 1.82) is 0 Å². The molecule has 1 saturated carbocycles. The van der Waals surface area contributed by atoms with Gasteiger partial charge in [0, 0.05) is 12.6 Å². The van der Waals surface area contributed by atoms with Gasteiger partial charge in [0.15, 0.2) is 0 Å². The van der Waals surface area contributed by atoms with Crippen LogP contribution in [0.3, 0.4) is 0 Å². The number of aliphatic carboxylic acids is 1. The monoisotopic (exact) mass is 295 g/mol. The molecule has 122 valence electrons. The summed E-state index contributed by atoms with van der Waals surface area (Å²) in [5, 5.41) is 9.71. The minimum absolute atomic E-state index is 0.324. The predicted octanol–water partition coefficient (Wildman–Crippen LogP) is 4.17. The van der Waals surface area contributed by atoms with Gasteiger partial charge in [-0.05, 0) is 43.6 Å². The Kier molecular flexibility index (Phi) is 5.02. The summed E-state index contributed by atoms with van der Waals surface area (Å²) in [6, 6.07) is 0.594. The third kappa shape index (κ3) is 3.44. The number of carboxylic acids is 1. The van der Waals surface area contributed by atoms with Gasteiger partial charge < -0.3 is 5.11 Å². The van der Waals surface area contributed by atoms with Gasteiger partial charge in [-0.3, -0.25) is 9.69 Å². The van der Waals surface area contributed by atoms with Gasteiger partial charge in [0.1, 0.15) is 0 Å². The topological polar surface area (TPSA) is 40.5 Å². The van der Waals surface area contributed by atoms with E-state index in [1.165, 1.54) is 25.7 Å². The van der Waals surface area contributed by atoms with Crippen molar-refractivity contribution >= 4 is 5.97 Å². The second-order valence-corrected chi connectivity index (χ2v) is 8.38. The van der Waals surface area contributed by atoms with Gasteiger partial charge in [-0.1, -0.05) is 47.0 Å². The van der Waals surface area contributed by atoms with E-state index in [0.29, 0.717) is 17.4 Å². The largest absolute Gasteiger partial charge is 0.481 e. The van der Waals surface area contributed by atoms with Gasteiger partial charge in [-0.25, -0.2) is 0 Å². The van der Waals surface area contributed by atoms with E-state index >= 15 is 0 Å². The minimum Gasteiger partial charge on any atom is -0.481 e. The number of carbonyl (C=O) groups is 1. The maximum absolute atomic E-state index is 11.8. The molecule has 2 fully saturated rings. The van der Waals surface area contributed by atoms with E-state index in [-0.39, 0.29) is 0 Å². The average molecular weight is 295 g/mol. The molecule has 3 unspecified atom stereocenters. The highest BCUT2D eigenvalue weighted by atomic mass is 16.4. The molecule has 3 heteroatoms. The molecule has 1 aliphatic heterocycles. The Morgan fingerprint density at radius 3 is 2.52 bits per heavy atom. The van der Waals surface area contributed by atoms with E-state index in [4.69, 9.17) is 0 Å². The first kappa shape index (κ1) is 16.8. The molecular formula is C18H33NO2. The van der Waals surface area contributed by atoms with Crippen LogP contribution in [0.5, 0.6) is 0 Å². The lowest BCUT2D eigenvalue weighted by molar-refractivity contribution is -0.149. The molecule has 0 aromatic rings. The molecule has 1 N–H and O–H groups in total. The molecule has 0 bridgehead atoms. The van der Waals surface area contributed by atoms with Crippen LogP contribution >= 0.6 is 0 Å². The molecule has 3 atom stereocenters. The Hall–Kier alpha value is -0.570. The van der Waals surface area contributed by atoms with E-state index in [1.807, 2.05) is 0 Å². The maximum atomic E-state index is 11.8. The molecule has 1 saturated heterocycles. The van der Waals surface area contributed by atoms with E-state index in [0.717, 1.165) is 32.4 Å². The lowest BCUT2D eigenvalue weighted by atomic mass is 9.69. The van der Waals surface area contributed by atoms with Crippen molar-refractivity contribution in [3.8, 4) is 0 Å². The number of nitrogens with zero attached hydrogens (tertiary/aromatic N) is 1. The number of carboxylic acid groups (broad SMARTS) is 1. The highest BCUT2D eigenvalue weighted by Gasteiger charge is 2.48. The molecule has 3 nitrogen and oxygen atoms in total. The molecule has 2 aliphatic rings. The lowest BCUT2D eigenvalue weighted by Gasteiger charge is -2.45. The van der Waals surface area contributed by atoms with Gasteiger partial charge >= 0.3 is 5.97 Å². The second kappa shape index (κ2) is 6.28. The molecule has 0 radical (unpaired) electrons. The number of likely N-dealkylation sites (tertiary alicyclic amines) is 1. The SMILES string of the molecule is CCCC1(C(=O)O)CCN(C2CCCCC2C(C)(C)C)C1. The number of hydrogen-bond acceptors (Lipinski definition) is 2. The van der Waals surface area contributed by atoms with E-state index in [1.54, 1.807) is 0 Å². The van der Waals surface area contributed by atoms with Crippen LogP contribution in [-0.4, -0.2) is 35.1 Å². The first-order valence-corrected chi connectivity index (χ1v) is 8.77. The summed E-state index contributed by atoms with van der Waals surface area (Å²) < 4.78 is 0. The molecule has 0 amide bonds. The summed E-state index contributed by atoms with van der Waals surface area (Å²) in [5.41, 5.74) is -0.154. The first-order valence-electron chi connectivity index (χ1n) is 8.77. The normalized spacial score (nSPS) is 35.0. The van der Waals surface area contributed by atoms with E-state index in [9.17, 15) is 9.90 Å². The fourth-order valence-corrected chi connectivity index (χ4v) is 4.71. The highest BCUT2D eigenvalue weighted by molar-refractivity contribution is 5.75. The Labute approximate surface area is 130 Å². The van der Waals surface area contributed by atoms with E-state index < -0.39 is 11.4 Å². The van der Waals surface area contributed by atoms with Crippen LogP contribution in [0.25, 0.3) is 0 Å². The van der Waals surface area contributed by atoms with Gasteiger partial charge in [0.25, 0.3) is 0 Å². The smallest absolute Gasteiger partial charge is 0.310 e. The van der Waals surface area contributed by atoms with Crippen LogP contribution in [0.1, 0.15) is 72.6 Å². The highest BCUT2D eigenvalue weighted by Crippen LogP contribution is 2.44. The van der Waals surface area contributed by atoms with Crippen LogP contribution in [0.15, 0.2) is 0 Å². The van der Waals surface area contributed by atoms with Crippen molar-refractivity contribution < 1.29 is 9.90 Å². The zero-order valence-corrected chi connectivity index (χ0v) is 14.3. The molecule has 0 spiro atoms. The van der Waals surface area contributed by atoms with Crippen LogP contribution in [0.2, 0.25) is 0 Å². The summed E-state index contributed by atoms with van der Waals surface area (Å²) in [6.45, 7) is 10.9. The molecular weight excluding hydrogens is 262 g/mol. The van der Waals surface area contributed by atoms with Crippen molar-refractivity contribution in [3.05, 3.63) is 0 Å². The summed E-state index contributed by atoms with van der Waals surface area (Å²) in [6.07, 6.45) is 7.83. The van der Waals surface area contributed by atoms with Crippen molar-refractivity contribution in [2.75, 3.05) is 13.1 Å². The quantitative estimate of drug-likeness (QED) is 0.846. The van der Waals surface area contributed by atoms with Crippen molar-refractivity contribution in [3.63, 3.8) is 0 Å². The first-order chi connectivity index (χ1) is 9.80. The van der Waals surface area contributed by atoms with Crippen molar-refractivity contribution in [2.24, 2.45) is 16.7 Å². The fraction of sp³-hybridized carbons (Fsp3) is 0.944. The summed E-state index contributed by atoms with van der Waals surface area (Å²) in [5.74, 6) is 0.132. The van der Waals surface area contributed by atoms with Crippen LogP contribution in [0, 0.1) is 16.7 Å². The molecule has 2 rings (SSSR count). The lowest BCUT2D eigenvalue weighted by Crippen LogP contribution is -2.47. The number of hydrogen-bond donors (Lipinski definition) is 1. The molecule has 21 heavy (non-hydrogen) atoms. The van der Waals surface area contributed by atoms with Crippen molar-refractivity contribution in [1.82, 2.24) is 4.90 Å². The summed E-state index contributed by atoms with van der Waals surface area (Å²) in [4.78, 5) is 14.3. The minimum atomic E-state index is -0.574. The Morgan fingerprint density at radius 1 is 1.29 bits per heavy atom. The van der Waals surface area contributed by atoms with E-state index in [2.05, 4.69) is 32.6 Å². The molecule has 1 heterocycles. The van der Waals surface area contributed by atoms with Crippen LogP contribution < -0.4 is 0 Å². The Balaban J connectivity index is 2.13. The van der Waals surface area contributed by atoms with Gasteiger partial charge in [-0.15, -0.1) is 0 Å². The average Bonchev–Trinajstić information content (AvgIpc) is 2.84. The summed E-state index contributed by atoms with van der Waals surface area (Å²) >= 11 is 0. The number of rotatable bonds is 4.